The summed E-state index contributed by atoms with van der Waals surface area (Å²) in [5, 5.41) is 14.4. The molecule has 0 atom stereocenters. The van der Waals surface area contributed by atoms with Gasteiger partial charge in [0.2, 0.25) is 0 Å². The monoisotopic (exact) mass is 262 g/mol. The number of aliphatic carboxylic acids is 1. The highest BCUT2D eigenvalue weighted by molar-refractivity contribution is 5.90. The average Bonchev–Trinajstić information content (AvgIpc) is 2.25. The zero-order valence-electron chi connectivity index (χ0n) is 10.9. The third kappa shape index (κ3) is 3.47. The van der Waals surface area contributed by atoms with Gasteiger partial charge in [-0.15, -0.1) is 0 Å². The van der Waals surface area contributed by atoms with E-state index in [0.717, 1.165) is 24.8 Å². The number of hydrogen-bond donors (Lipinski definition) is 3. The molecule has 1 saturated carbocycles. The lowest BCUT2D eigenvalue weighted by atomic mass is 9.74. The molecule has 19 heavy (non-hydrogen) atoms. The summed E-state index contributed by atoms with van der Waals surface area (Å²) in [6, 6.07) is 7.13. The Labute approximate surface area is 112 Å². The summed E-state index contributed by atoms with van der Waals surface area (Å²) < 4.78 is 0. The van der Waals surface area contributed by atoms with E-state index in [-0.39, 0.29) is 12.5 Å². The molecule has 1 aliphatic rings. The maximum absolute atomic E-state index is 11.9. The largest absolute Gasteiger partial charge is 0.481 e. The van der Waals surface area contributed by atoms with Crippen molar-refractivity contribution >= 4 is 17.7 Å². The molecule has 102 valence electrons. The van der Waals surface area contributed by atoms with Crippen molar-refractivity contribution in [3.63, 3.8) is 0 Å². The molecule has 0 bridgehead atoms. The Kier molecular flexibility index (Phi) is 3.74. The van der Waals surface area contributed by atoms with Crippen molar-refractivity contribution in [2.75, 3.05) is 5.32 Å². The van der Waals surface area contributed by atoms with E-state index in [0.29, 0.717) is 5.69 Å². The van der Waals surface area contributed by atoms with Gasteiger partial charge < -0.3 is 15.7 Å². The minimum atomic E-state index is -0.879. The van der Waals surface area contributed by atoms with Crippen LogP contribution >= 0.6 is 0 Å². The standard InChI is InChI=1S/C14H18N2O3/c1-10-4-2-5-11(8-10)15-13(19)16-14(6-3-7-14)9-12(17)18/h2,4-5,8H,3,6-7,9H2,1H3,(H,17,18)(H2,15,16,19). The van der Waals surface area contributed by atoms with Crippen molar-refractivity contribution in [2.24, 2.45) is 0 Å². The van der Waals surface area contributed by atoms with Gasteiger partial charge in [0.05, 0.1) is 12.0 Å². The van der Waals surface area contributed by atoms with Crippen LogP contribution in [0.3, 0.4) is 0 Å². The van der Waals surface area contributed by atoms with Crippen molar-refractivity contribution < 1.29 is 14.7 Å². The molecule has 0 spiro atoms. The lowest BCUT2D eigenvalue weighted by Crippen LogP contribution is -2.55. The van der Waals surface area contributed by atoms with Crippen LogP contribution in [0.1, 0.15) is 31.2 Å². The minimum absolute atomic E-state index is 0.0196. The van der Waals surface area contributed by atoms with Crippen LogP contribution in [0.4, 0.5) is 10.5 Å². The minimum Gasteiger partial charge on any atom is -0.481 e. The first kappa shape index (κ1) is 13.4. The summed E-state index contributed by atoms with van der Waals surface area (Å²) in [6.45, 7) is 1.95. The lowest BCUT2D eigenvalue weighted by Gasteiger charge is -2.41. The third-order valence-corrected chi connectivity index (χ3v) is 3.45. The van der Waals surface area contributed by atoms with Crippen LogP contribution < -0.4 is 10.6 Å². The van der Waals surface area contributed by atoms with Crippen LogP contribution in [0.5, 0.6) is 0 Å². The number of anilines is 1. The Hall–Kier alpha value is -2.04. The number of rotatable bonds is 4. The molecule has 1 fully saturated rings. The molecule has 3 N–H and O–H groups in total. The third-order valence-electron chi connectivity index (χ3n) is 3.45. The molecule has 0 unspecified atom stereocenters. The molecular weight excluding hydrogens is 244 g/mol. The van der Waals surface area contributed by atoms with Crippen LogP contribution in [0, 0.1) is 6.92 Å². The molecule has 0 radical (unpaired) electrons. The van der Waals surface area contributed by atoms with Gasteiger partial charge in [-0.05, 0) is 43.9 Å². The molecule has 1 aromatic carbocycles. The number of benzene rings is 1. The quantitative estimate of drug-likeness (QED) is 0.780. The van der Waals surface area contributed by atoms with Crippen molar-refractivity contribution in [1.29, 1.82) is 0 Å². The molecule has 1 aromatic rings. The number of aryl methyl sites for hydroxylation is 1. The smallest absolute Gasteiger partial charge is 0.319 e. The van der Waals surface area contributed by atoms with Gasteiger partial charge >= 0.3 is 12.0 Å². The molecule has 0 aromatic heterocycles. The van der Waals surface area contributed by atoms with Crippen LogP contribution in [-0.2, 0) is 4.79 Å². The Balaban J connectivity index is 1.95. The van der Waals surface area contributed by atoms with Gasteiger partial charge in [0, 0.05) is 5.69 Å². The number of carbonyl (C=O) groups excluding carboxylic acids is 1. The first-order valence-corrected chi connectivity index (χ1v) is 6.37. The first-order chi connectivity index (χ1) is 8.99. The highest BCUT2D eigenvalue weighted by Gasteiger charge is 2.40. The zero-order chi connectivity index (χ0) is 13.9. The Morgan fingerprint density at radius 3 is 2.63 bits per heavy atom. The fraction of sp³-hybridized carbons (Fsp3) is 0.429. The van der Waals surface area contributed by atoms with E-state index in [1.165, 1.54) is 0 Å². The van der Waals surface area contributed by atoms with Gasteiger partial charge in [-0.25, -0.2) is 4.79 Å². The van der Waals surface area contributed by atoms with Crippen molar-refractivity contribution in [3.8, 4) is 0 Å². The van der Waals surface area contributed by atoms with Gasteiger partial charge in [-0.3, -0.25) is 4.79 Å². The normalized spacial score (nSPS) is 16.3. The van der Waals surface area contributed by atoms with Gasteiger partial charge in [-0.2, -0.15) is 0 Å². The predicted molar refractivity (Wildman–Crippen MR) is 72.2 cm³/mol. The fourth-order valence-electron chi connectivity index (χ4n) is 2.37. The highest BCUT2D eigenvalue weighted by atomic mass is 16.4. The predicted octanol–water partition coefficient (Wildman–Crippen LogP) is 2.51. The van der Waals surface area contributed by atoms with Gasteiger partial charge in [0.15, 0.2) is 0 Å². The number of urea groups is 1. The van der Waals surface area contributed by atoms with Crippen LogP contribution in [-0.4, -0.2) is 22.6 Å². The topological polar surface area (TPSA) is 78.4 Å². The van der Waals surface area contributed by atoms with Gasteiger partial charge in [-0.1, -0.05) is 12.1 Å². The van der Waals surface area contributed by atoms with Gasteiger partial charge in [0.1, 0.15) is 0 Å². The summed E-state index contributed by atoms with van der Waals surface area (Å²) in [6.07, 6.45) is 2.38. The Bertz CT molecular complexity index is 495. The van der Waals surface area contributed by atoms with E-state index in [4.69, 9.17) is 5.11 Å². The molecule has 0 aliphatic heterocycles. The molecule has 2 amide bonds. The Morgan fingerprint density at radius 1 is 1.37 bits per heavy atom. The van der Waals surface area contributed by atoms with Crippen molar-refractivity contribution in [1.82, 2.24) is 5.32 Å². The number of carboxylic acid groups (broad SMARTS) is 1. The summed E-state index contributed by atoms with van der Waals surface area (Å²) in [5.41, 5.74) is 1.20. The van der Waals surface area contributed by atoms with Crippen LogP contribution in [0.25, 0.3) is 0 Å². The Morgan fingerprint density at radius 2 is 2.11 bits per heavy atom. The number of amides is 2. The number of carboxylic acids is 1. The van der Waals surface area contributed by atoms with E-state index < -0.39 is 11.5 Å². The second-order valence-corrected chi connectivity index (χ2v) is 5.15. The van der Waals surface area contributed by atoms with E-state index in [1.807, 2.05) is 25.1 Å². The maximum Gasteiger partial charge on any atom is 0.319 e. The van der Waals surface area contributed by atoms with Crippen LogP contribution in [0.2, 0.25) is 0 Å². The number of carbonyl (C=O) groups is 2. The molecule has 5 nitrogen and oxygen atoms in total. The van der Waals surface area contributed by atoms with E-state index >= 15 is 0 Å². The summed E-state index contributed by atoms with van der Waals surface area (Å²) in [5.74, 6) is -0.879. The first-order valence-electron chi connectivity index (χ1n) is 6.37. The van der Waals surface area contributed by atoms with E-state index in [2.05, 4.69) is 10.6 Å². The summed E-state index contributed by atoms with van der Waals surface area (Å²) in [7, 11) is 0. The fourth-order valence-corrected chi connectivity index (χ4v) is 2.37. The molecule has 5 heteroatoms. The molecule has 1 aliphatic carbocycles. The highest BCUT2D eigenvalue weighted by Crippen LogP contribution is 2.34. The average molecular weight is 262 g/mol. The molecule has 2 rings (SSSR count). The summed E-state index contributed by atoms with van der Waals surface area (Å²) in [4.78, 5) is 22.7. The maximum atomic E-state index is 11.9. The molecule has 0 saturated heterocycles. The molecule has 0 heterocycles. The molecular formula is C14H18N2O3. The lowest BCUT2D eigenvalue weighted by molar-refractivity contribution is -0.139. The number of hydrogen-bond acceptors (Lipinski definition) is 2. The zero-order valence-corrected chi connectivity index (χ0v) is 10.9. The number of nitrogens with one attached hydrogen (secondary N) is 2. The summed E-state index contributed by atoms with van der Waals surface area (Å²) >= 11 is 0. The van der Waals surface area contributed by atoms with Crippen molar-refractivity contribution in [3.05, 3.63) is 29.8 Å². The van der Waals surface area contributed by atoms with Crippen molar-refractivity contribution in [2.45, 2.75) is 38.1 Å². The SMILES string of the molecule is Cc1cccc(NC(=O)NC2(CC(=O)O)CCC2)c1. The van der Waals surface area contributed by atoms with Crippen LogP contribution in [0.15, 0.2) is 24.3 Å². The van der Waals surface area contributed by atoms with Gasteiger partial charge in [0.25, 0.3) is 0 Å². The van der Waals surface area contributed by atoms with E-state index in [1.54, 1.807) is 6.07 Å². The second-order valence-electron chi connectivity index (χ2n) is 5.15. The second kappa shape index (κ2) is 5.30. The van der Waals surface area contributed by atoms with E-state index in [9.17, 15) is 9.59 Å².